The van der Waals surface area contributed by atoms with Gasteiger partial charge >= 0.3 is 0 Å². The molecule has 1 fully saturated rings. The fraction of sp³-hybridized carbons (Fsp3) is 0.167. The standard InChI is InChI=1S/C30H24N4O3S3/c35-27-16-18-39-30(33(27)21-8-2-1-3-9-21)32-40(36,37)23-14-12-22(13-15-23)34-29(26-11-6-17-38-26)25-19-20-7-4-5-10-24(20)28(25)31-34/h1-15,17,25,29H,16,18-19H2/b32-30-. The number of thiophene rings is 1. The van der Waals surface area contributed by atoms with Crippen molar-refractivity contribution in [2.45, 2.75) is 23.8 Å². The van der Waals surface area contributed by atoms with E-state index >= 15 is 0 Å². The monoisotopic (exact) mass is 584 g/mol. The van der Waals surface area contributed by atoms with Crippen LogP contribution in [0.15, 0.2) is 111 Å². The highest BCUT2D eigenvalue weighted by atomic mass is 32.2. The van der Waals surface area contributed by atoms with E-state index in [1.54, 1.807) is 47.7 Å². The largest absolute Gasteiger partial charge is 0.284 e. The number of hydrogen-bond acceptors (Lipinski definition) is 7. The van der Waals surface area contributed by atoms with Crippen molar-refractivity contribution in [2.24, 2.45) is 15.4 Å². The lowest BCUT2D eigenvalue weighted by molar-refractivity contribution is -0.117. The summed E-state index contributed by atoms with van der Waals surface area (Å²) in [4.78, 5) is 15.4. The van der Waals surface area contributed by atoms with E-state index in [-0.39, 0.29) is 27.9 Å². The van der Waals surface area contributed by atoms with Gasteiger partial charge in [-0.15, -0.1) is 15.7 Å². The topological polar surface area (TPSA) is 82.4 Å². The molecule has 3 aromatic carbocycles. The van der Waals surface area contributed by atoms with Crippen LogP contribution < -0.4 is 9.91 Å². The number of thioether (sulfide) groups is 1. The molecule has 0 N–H and O–H groups in total. The van der Waals surface area contributed by atoms with Crippen molar-refractivity contribution in [3.8, 4) is 0 Å². The SMILES string of the molecule is O=C1CCS/C(=N\S(=O)(=O)c2ccc(N3N=C4c5ccccc5CC4C3c3cccs3)cc2)N1c1ccccc1. The molecule has 0 spiro atoms. The Hall–Kier alpha value is -3.73. The second-order valence-corrected chi connectivity index (χ2v) is 13.4. The Morgan fingerprint density at radius 1 is 0.875 bits per heavy atom. The van der Waals surface area contributed by atoms with Gasteiger partial charge in [0.15, 0.2) is 5.17 Å². The molecule has 40 heavy (non-hydrogen) atoms. The van der Waals surface area contributed by atoms with E-state index in [0.717, 1.165) is 17.8 Å². The first-order chi connectivity index (χ1) is 19.5. The van der Waals surface area contributed by atoms with E-state index in [1.165, 1.54) is 32.7 Å². The minimum Gasteiger partial charge on any atom is -0.274 e. The molecule has 3 heterocycles. The van der Waals surface area contributed by atoms with Crippen molar-refractivity contribution in [1.29, 1.82) is 0 Å². The maximum Gasteiger partial charge on any atom is 0.284 e. The summed E-state index contributed by atoms with van der Waals surface area (Å²) in [6.07, 6.45) is 1.24. The summed E-state index contributed by atoms with van der Waals surface area (Å²) in [5, 5.41) is 9.34. The number of para-hydroxylation sites is 1. The molecule has 7 nitrogen and oxygen atoms in total. The summed E-state index contributed by atoms with van der Waals surface area (Å²) >= 11 is 2.98. The lowest BCUT2D eigenvalue weighted by Gasteiger charge is -2.27. The predicted octanol–water partition coefficient (Wildman–Crippen LogP) is 6.10. The highest BCUT2D eigenvalue weighted by Crippen LogP contribution is 2.47. The molecule has 1 aliphatic carbocycles. The minimum absolute atomic E-state index is 0.0363. The van der Waals surface area contributed by atoms with Crippen LogP contribution in [0, 0.1) is 5.92 Å². The first-order valence-corrected chi connectivity index (χ1v) is 16.3. The summed E-state index contributed by atoms with van der Waals surface area (Å²) in [7, 11) is -4.06. The third kappa shape index (κ3) is 4.36. The number of benzene rings is 3. The van der Waals surface area contributed by atoms with Crippen LogP contribution in [0.2, 0.25) is 0 Å². The van der Waals surface area contributed by atoms with Gasteiger partial charge in [0.25, 0.3) is 10.0 Å². The summed E-state index contributed by atoms with van der Waals surface area (Å²) in [5.41, 5.74) is 5.00. The van der Waals surface area contributed by atoms with Gasteiger partial charge in [0.05, 0.1) is 28.0 Å². The maximum atomic E-state index is 13.4. The lowest BCUT2D eigenvalue weighted by atomic mass is 9.94. The van der Waals surface area contributed by atoms with Crippen LogP contribution in [0.5, 0.6) is 0 Å². The van der Waals surface area contributed by atoms with Crippen LogP contribution in [0.25, 0.3) is 0 Å². The van der Waals surface area contributed by atoms with Crippen molar-refractivity contribution in [3.63, 3.8) is 0 Å². The molecular weight excluding hydrogens is 561 g/mol. The molecule has 0 radical (unpaired) electrons. The van der Waals surface area contributed by atoms with E-state index in [1.807, 2.05) is 29.3 Å². The van der Waals surface area contributed by atoms with Crippen molar-refractivity contribution in [1.82, 2.24) is 0 Å². The molecule has 1 amide bonds. The number of fused-ring (bicyclic) bond motifs is 3. The second kappa shape index (κ2) is 10.0. The fourth-order valence-corrected chi connectivity index (χ4v) is 8.60. The zero-order chi connectivity index (χ0) is 27.3. The molecular formula is C30H24N4O3S3. The van der Waals surface area contributed by atoms with E-state index in [9.17, 15) is 13.2 Å². The van der Waals surface area contributed by atoms with Gasteiger partial charge in [-0.05, 0) is 59.8 Å². The van der Waals surface area contributed by atoms with Gasteiger partial charge in [0.2, 0.25) is 5.91 Å². The molecule has 2 unspecified atom stereocenters. The second-order valence-electron chi connectivity index (χ2n) is 9.76. The van der Waals surface area contributed by atoms with Crippen molar-refractivity contribution in [2.75, 3.05) is 15.7 Å². The number of rotatable bonds is 5. The Labute approximate surface area is 240 Å². The average molecular weight is 585 g/mol. The molecule has 10 heteroatoms. The van der Waals surface area contributed by atoms with E-state index in [0.29, 0.717) is 17.9 Å². The van der Waals surface area contributed by atoms with Crippen LogP contribution in [0.3, 0.4) is 0 Å². The Morgan fingerprint density at radius 2 is 1.65 bits per heavy atom. The van der Waals surface area contributed by atoms with Crippen molar-refractivity contribution in [3.05, 3.63) is 112 Å². The van der Waals surface area contributed by atoms with Gasteiger partial charge in [0.1, 0.15) is 0 Å². The predicted molar refractivity (Wildman–Crippen MR) is 162 cm³/mol. The number of amidine groups is 1. The quantitative estimate of drug-likeness (QED) is 0.283. The number of hydrazone groups is 1. The van der Waals surface area contributed by atoms with E-state index in [2.05, 4.69) is 40.1 Å². The molecule has 2 aliphatic heterocycles. The van der Waals surface area contributed by atoms with Gasteiger partial charge in [-0.25, -0.2) is 0 Å². The van der Waals surface area contributed by atoms with Gasteiger partial charge < -0.3 is 0 Å². The lowest BCUT2D eigenvalue weighted by Crippen LogP contribution is -2.39. The van der Waals surface area contributed by atoms with Gasteiger partial charge in [-0.3, -0.25) is 14.7 Å². The van der Waals surface area contributed by atoms with Crippen LogP contribution in [0.4, 0.5) is 11.4 Å². The van der Waals surface area contributed by atoms with Crippen LogP contribution in [-0.4, -0.2) is 31.0 Å². The zero-order valence-corrected chi connectivity index (χ0v) is 23.7. The number of carbonyl (C=O) groups is 1. The van der Waals surface area contributed by atoms with Gasteiger partial charge in [-0.2, -0.15) is 13.5 Å². The molecule has 7 rings (SSSR count). The molecule has 4 aromatic rings. The molecule has 0 saturated carbocycles. The van der Waals surface area contributed by atoms with Crippen molar-refractivity contribution < 1.29 is 13.2 Å². The minimum atomic E-state index is -4.06. The van der Waals surface area contributed by atoms with Crippen LogP contribution in [-0.2, 0) is 21.2 Å². The summed E-state index contributed by atoms with van der Waals surface area (Å²) in [6.45, 7) is 0. The normalized spacial score (nSPS) is 21.4. The highest BCUT2D eigenvalue weighted by molar-refractivity contribution is 8.15. The summed E-state index contributed by atoms with van der Waals surface area (Å²) in [5.74, 6) is 0.545. The van der Waals surface area contributed by atoms with Gasteiger partial charge in [0, 0.05) is 28.5 Å². The maximum absolute atomic E-state index is 13.4. The smallest absolute Gasteiger partial charge is 0.274 e. The number of hydrogen-bond donors (Lipinski definition) is 0. The molecule has 1 aromatic heterocycles. The first-order valence-electron chi connectivity index (χ1n) is 12.9. The van der Waals surface area contributed by atoms with Gasteiger partial charge in [-0.1, -0.05) is 60.3 Å². The Bertz CT molecular complexity index is 1750. The van der Waals surface area contributed by atoms with Crippen LogP contribution >= 0.6 is 23.1 Å². The molecule has 200 valence electrons. The fourth-order valence-electron chi connectivity index (χ4n) is 5.55. The molecule has 2 atom stereocenters. The number of sulfonamides is 1. The number of nitrogens with zero attached hydrogens (tertiary/aromatic N) is 4. The number of carbonyl (C=O) groups excluding carboxylic acids is 1. The first kappa shape index (κ1) is 25.3. The number of anilines is 2. The summed E-state index contributed by atoms with van der Waals surface area (Å²) in [6, 6.07) is 28.4. The number of amides is 1. The third-order valence-corrected chi connectivity index (χ3v) is 10.7. The Morgan fingerprint density at radius 3 is 2.42 bits per heavy atom. The molecule has 3 aliphatic rings. The van der Waals surface area contributed by atoms with Crippen molar-refractivity contribution >= 4 is 61.3 Å². The van der Waals surface area contributed by atoms with E-state index < -0.39 is 10.0 Å². The zero-order valence-electron chi connectivity index (χ0n) is 21.3. The third-order valence-electron chi connectivity index (χ3n) is 7.38. The van der Waals surface area contributed by atoms with Crippen LogP contribution in [0.1, 0.15) is 28.5 Å². The Balaban J connectivity index is 1.22. The van der Waals surface area contributed by atoms with E-state index in [4.69, 9.17) is 5.10 Å². The summed E-state index contributed by atoms with van der Waals surface area (Å²) < 4.78 is 30.9. The Kier molecular flexibility index (Phi) is 6.33. The molecule has 0 bridgehead atoms. The average Bonchev–Trinajstić information content (AvgIpc) is 3.70. The molecule has 1 saturated heterocycles. The highest BCUT2D eigenvalue weighted by Gasteiger charge is 2.44.